The van der Waals surface area contributed by atoms with Crippen LogP contribution < -0.4 is 4.90 Å². The van der Waals surface area contributed by atoms with Gasteiger partial charge in [0.15, 0.2) is 11.9 Å². The minimum atomic E-state index is -0.515. The molecule has 0 radical (unpaired) electrons. The van der Waals surface area contributed by atoms with Gasteiger partial charge in [0.2, 0.25) is 0 Å². The Morgan fingerprint density at radius 1 is 1.58 bits per heavy atom. The normalized spacial score (nSPS) is 19.1. The maximum Gasteiger partial charge on any atom is 0.161 e. The summed E-state index contributed by atoms with van der Waals surface area (Å²) in [6, 6.07) is 4.98. The lowest BCUT2D eigenvalue weighted by atomic mass is 10.0. The lowest BCUT2D eigenvalue weighted by Crippen LogP contribution is -2.42. The highest BCUT2D eigenvalue weighted by Gasteiger charge is 2.23. The Morgan fingerprint density at radius 3 is 2.95 bits per heavy atom. The van der Waals surface area contributed by atoms with Gasteiger partial charge in [0.05, 0.1) is 19.2 Å². The average Bonchev–Trinajstić information content (AvgIpc) is 2.41. The summed E-state index contributed by atoms with van der Waals surface area (Å²) >= 11 is 0. The number of halogens is 1. The largest absolute Gasteiger partial charge is 0.365 e. The maximum absolute atomic E-state index is 13.6. The van der Waals surface area contributed by atoms with Crippen LogP contribution in [0, 0.1) is 24.1 Å². The van der Waals surface area contributed by atoms with E-state index in [-0.39, 0.29) is 11.6 Å². The summed E-state index contributed by atoms with van der Waals surface area (Å²) in [6.45, 7) is 4.47. The Balaban J connectivity index is 2.40. The van der Waals surface area contributed by atoms with Gasteiger partial charge in [-0.2, -0.15) is 5.26 Å². The summed E-state index contributed by atoms with van der Waals surface area (Å²) in [4.78, 5) is 13.5. The number of ether oxygens (including phenoxy) is 1. The zero-order valence-corrected chi connectivity index (χ0v) is 10.9. The van der Waals surface area contributed by atoms with Gasteiger partial charge in [-0.25, -0.2) is 4.39 Å². The molecule has 1 unspecified atom stereocenters. The minimum absolute atomic E-state index is 0.186. The monoisotopic (exact) mass is 262 g/mol. The van der Waals surface area contributed by atoms with Gasteiger partial charge in [-0.15, -0.1) is 0 Å². The molecule has 0 N–H and O–H groups in total. The van der Waals surface area contributed by atoms with Crippen LogP contribution in [0.4, 0.5) is 10.1 Å². The molecule has 4 nitrogen and oxygen atoms in total. The predicted molar refractivity (Wildman–Crippen MR) is 68.7 cm³/mol. The second kappa shape index (κ2) is 5.37. The van der Waals surface area contributed by atoms with Gasteiger partial charge in [-0.05, 0) is 31.5 Å². The van der Waals surface area contributed by atoms with Gasteiger partial charge in [0, 0.05) is 17.8 Å². The molecule has 100 valence electrons. The van der Waals surface area contributed by atoms with Crippen LogP contribution in [0.25, 0.3) is 0 Å². The Labute approximate surface area is 111 Å². The van der Waals surface area contributed by atoms with E-state index in [1.54, 1.807) is 13.0 Å². The smallest absolute Gasteiger partial charge is 0.161 e. The van der Waals surface area contributed by atoms with E-state index in [4.69, 9.17) is 10.00 Å². The second-order valence-electron chi connectivity index (χ2n) is 4.61. The Kier molecular flexibility index (Phi) is 3.82. The fraction of sp³-hybridized carbons (Fsp3) is 0.429. The molecule has 0 aromatic heterocycles. The van der Waals surface area contributed by atoms with Crippen molar-refractivity contribution in [2.75, 3.05) is 24.6 Å². The molecule has 1 aromatic rings. The number of carbonyl (C=O) groups is 1. The first kappa shape index (κ1) is 13.5. The zero-order valence-electron chi connectivity index (χ0n) is 10.9. The van der Waals surface area contributed by atoms with Crippen LogP contribution in [0.15, 0.2) is 12.1 Å². The van der Waals surface area contributed by atoms with Gasteiger partial charge in [-0.1, -0.05) is 0 Å². The topological polar surface area (TPSA) is 53.3 Å². The average molecular weight is 262 g/mol. The number of carbonyl (C=O) groups excluding carboxylic acids is 1. The number of rotatable bonds is 2. The third-order valence-electron chi connectivity index (χ3n) is 3.21. The third kappa shape index (κ3) is 2.74. The minimum Gasteiger partial charge on any atom is -0.365 e. The SMILES string of the molecule is CC(=O)c1cc(F)c(C)cc1N1CCOC(C#N)C1. The fourth-order valence-corrected chi connectivity index (χ4v) is 2.16. The van der Waals surface area contributed by atoms with E-state index in [1.807, 2.05) is 4.90 Å². The van der Waals surface area contributed by atoms with Crippen molar-refractivity contribution >= 4 is 11.5 Å². The standard InChI is InChI=1S/C14H15FN2O2/c1-9-5-14(12(10(2)18)6-13(9)15)17-3-4-19-11(7-16)8-17/h5-6,11H,3-4,8H2,1-2H3. The number of benzene rings is 1. The lowest BCUT2D eigenvalue weighted by molar-refractivity contribution is 0.0762. The van der Waals surface area contributed by atoms with E-state index in [9.17, 15) is 9.18 Å². The summed E-state index contributed by atoms with van der Waals surface area (Å²) < 4.78 is 18.9. The van der Waals surface area contributed by atoms with Crippen molar-refractivity contribution in [1.29, 1.82) is 5.26 Å². The van der Waals surface area contributed by atoms with Crippen LogP contribution in [-0.2, 0) is 4.74 Å². The Hall–Kier alpha value is -1.93. The van der Waals surface area contributed by atoms with Crippen LogP contribution in [0.5, 0.6) is 0 Å². The first-order valence-electron chi connectivity index (χ1n) is 6.10. The first-order chi connectivity index (χ1) is 9.02. The highest BCUT2D eigenvalue weighted by atomic mass is 19.1. The molecule has 1 aliphatic heterocycles. The van der Waals surface area contributed by atoms with Crippen LogP contribution in [0.3, 0.4) is 0 Å². The summed E-state index contributed by atoms with van der Waals surface area (Å²) in [5.74, 6) is -0.576. The van der Waals surface area contributed by atoms with Gasteiger partial charge in [-0.3, -0.25) is 4.79 Å². The molecule has 0 bridgehead atoms. The summed E-state index contributed by atoms with van der Waals surface area (Å²) in [6.07, 6.45) is -0.515. The van der Waals surface area contributed by atoms with Crippen LogP contribution in [0.2, 0.25) is 0 Å². The number of hydrogen-bond donors (Lipinski definition) is 0. The molecule has 1 saturated heterocycles. The number of nitriles is 1. The molecule has 0 amide bonds. The molecule has 1 fully saturated rings. The van der Waals surface area contributed by atoms with Crippen molar-refractivity contribution in [2.24, 2.45) is 0 Å². The van der Waals surface area contributed by atoms with E-state index in [1.165, 1.54) is 13.0 Å². The summed E-state index contributed by atoms with van der Waals surface area (Å²) in [7, 11) is 0. The van der Waals surface area contributed by atoms with Crippen molar-refractivity contribution in [3.8, 4) is 6.07 Å². The molecular weight excluding hydrogens is 247 g/mol. The first-order valence-corrected chi connectivity index (χ1v) is 6.10. The zero-order chi connectivity index (χ0) is 14.0. The quantitative estimate of drug-likeness (QED) is 0.766. The number of hydrogen-bond acceptors (Lipinski definition) is 4. The molecule has 2 rings (SSSR count). The molecule has 1 heterocycles. The second-order valence-corrected chi connectivity index (χ2v) is 4.61. The van der Waals surface area contributed by atoms with Gasteiger partial charge in [0.25, 0.3) is 0 Å². The summed E-state index contributed by atoms with van der Waals surface area (Å²) in [5, 5.41) is 8.90. The van der Waals surface area contributed by atoms with Crippen molar-refractivity contribution in [2.45, 2.75) is 20.0 Å². The van der Waals surface area contributed by atoms with Crippen molar-refractivity contribution < 1.29 is 13.9 Å². The number of anilines is 1. The van der Waals surface area contributed by atoms with Crippen LogP contribution in [-0.4, -0.2) is 31.6 Å². The molecule has 19 heavy (non-hydrogen) atoms. The fourth-order valence-electron chi connectivity index (χ4n) is 2.16. The predicted octanol–water partition coefficient (Wildman–Crippen LogP) is 2.07. The molecule has 0 saturated carbocycles. The molecule has 5 heteroatoms. The number of aryl methyl sites for hydroxylation is 1. The highest BCUT2D eigenvalue weighted by molar-refractivity contribution is 6.00. The van der Waals surface area contributed by atoms with Gasteiger partial charge < -0.3 is 9.64 Å². The Bertz CT molecular complexity index is 551. The van der Waals surface area contributed by atoms with Crippen LogP contribution in [0.1, 0.15) is 22.8 Å². The van der Waals surface area contributed by atoms with E-state index in [0.29, 0.717) is 36.5 Å². The Morgan fingerprint density at radius 2 is 2.32 bits per heavy atom. The summed E-state index contributed by atoms with van der Waals surface area (Å²) in [5.41, 5.74) is 1.51. The number of ketones is 1. The number of nitrogens with zero attached hydrogens (tertiary/aromatic N) is 2. The maximum atomic E-state index is 13.6. The van der Waals surface area contributed by atoms with Crippen molar-refractivity contribution in [3.05, 3.63) is 29.1 Å². The van der Waals surface area contributed by atoms with E-state index < -0.39 is 6.10 Å². The molecule has 1 aromatic carbocycles. The molecule has 0 aliphatic carbocycles. The van der Waals surface area contributed by atoms with Crippen molar-refractivity contribution in [1.82, 2.24) is 0 Å². The molecule has 0 spiro atoms. The van der Waals surface area contributed by atoms with Crippen LogP contribution >= 0.6 is 0 Å². The highest BCUT2D eigenvalue weighted by Crippen LogP contribution is 2.26. The van der Waals surface area contributed by atoms with Gasteiger partial charge in [0.1, 0.15) is 5.82 Å². The van der Waals surface area contributed by atoms with E-state index in [0.717, 1.165) is 0 Å². The van der Waals surface area contributed by atoms with Crippen molar-refractivity contribution in [3.63, 3.8) is 0 Å². The molecule has 1 aliphatic rings. The number of morpholine rings is 1. The number of Topliss-reactive ketones (excluding diaryl/α,β-unsaturated/α-hetero) is 1. The molecular formula is C14H15FN2O2. The van der Waals surface area contributed by atoms with E-state index in [2.05, 4.69) is 6.07 Å². The van der Waals surface area contributed by atoms with E-state index >= 15 is 0 Å². The lowest BCUT2D eigenvalue weighted by Gasteiger charge is -2.33. The van der Waals surface area contributed by atoms with Gasteiger partial charge >= 0.3 is 0 Å². The third-order valence-corrected chi connectivity index (χ3v) is 3.21. The molecule has 1 atom stereocenters.